The van der Waals surface area contributed by atoms with Crippen LogP contribution in [-0.2, 0) is 21.5 Å². The van der Waals surface area contributed by atoms with Gasteiger partial charge in [-0.25, -0.2) is 0 Å². The summed E-state index contributed by atoms with van der Waals surface area (Å²) in [6, 6.07) is 18.1. The van der Waals surface area contributed by atoms with Crippen molar-refractivity contribution in [2.75, 3.05) is 7.11 Å². The zero-order chi connectivity index (χ0) is 23.8. The van der Waals surface area contributed by atoms with Crippen molar-refractivity contribution in [2.45, 2.75) is 38.8 Å². The molecule has 170 valence electrons. The Labute approximate surface area is 197 Å². The number of methoxy groups -OCH3 is 1. The topological polar surface area (TPSA) is 66.8 Å². The second kappa shape index (κ2) is 8.87. The van der Waals surface area contributed by atoms with Crippen molar-refractivity contribution in [3.63, 3.8) is 0 Å². The number of rotatable bonds is 5. The summed E-state index contributed by atoms with van der Waals surface area (Å²) in [5.74, 6) is -1.10. The largest absolute Gasteiger partial charge is 0.507 e. The number of nitrogens with zero attached hydrogens (tertiary/aromatic N) is 1. The number of amides is 1. The van der Waals surface area contributed by atoms with Crippen molar-refractivity contribution >= 4 is 28.8 Å². The van der Waals surface area contributed by atoms with Gasteiger partial charge in [0.1, 0.15) is 11.5 Å². The lowest BCUT2D eigenvalue weighted by Crippen LogP contribution is -2.28. The molecule has 1 amide bonds. The Balaban J connectivity index is 1.92. The van der Waals surface area contributed by atoms with Crippen LogP contribution in [0.25, 0.3) is 5.76 Å². The molecule has 0 bridgehead atoms. The number of carbonyl (C=O) groups excluding carboxylic acids is 2. The molecule has 1 aliphatic rings. The van der Waals surface area contributed by atoms with Crippen LogP contribution in [0.15, 0.2) is 71.6 Å². The highest BCUT2D eigenvalue weighted by Crippen LogP contribution is 2.42. The van der Waals surface area contributed by atoms with E-state index in [2.05, 4.69) is 20.8 Å². The molecule has 2 aromatic carbocycles. The van der Waals surface area contributed by atoms with Crippen molar-refractivity contribution in [1.82, 2.24) is 4.90 Å². The van der Waals surface area contributed by atoms with Crippen molar-refractivity contribution < 1.29 is 19.4 Å². The minimum atomic E-state index is -0.698. The molecule has 4 rings (SSSR count). The average molecular weight is 462 g/mol. The number of aliphatic hydroxyl groups is 1. The lowest BCUT2D eigenvalue weighted by atomic mass is 9.85. The molecule has 1 atom stereocenters. The maximum atomic E-state index is 13.3. The van der Waals surface area contributed by atoms with Crippen LogP contribution in [0.3, 0.4) is 0 Å². The van der Waals surface area contributed by atoms with Gasteiger partial charge in [0.05, 0.1) is 30.8 Å². The van der Waals surface area contributed by atoms with Gasteiger partial charge in [0.25, 0.3) is 11.7 Å². The first-order valence-corrected chi connectivity index (χ1v) is 11.6. The van der Waals surface area contributed by atoms with E-state index in [1.54, 1.807) is 6.07 Å². The highest BCUT2D eigenvalue weighted by molar-refractivity contribution is 7.09. The van der Waals surface area contributed by atoms with Crippen LogP contribution in [-0.4, -0.2) is 28.8 Å². The van der Waals surface area contributed by atoms with E-state index in [-0.39, 0.29) is 23.3 Å². The van der Waals surface area contributed by atoms with Gasteiger partial charge < -0.3 is 14.7 Å². The molecule has 1 aliphatic heterocycles. The number of thiophene rings is 1. The molecule has 2 heterocycles. The standard InChI is InChI=1S/C27H27NO4S/c1-27(2,3)18-12-13-21(32-4)20(15-18)24(29)22-23(17-9-6-5-7-10-17)28(26(31)25(22)30)16-19-11-8-14-33-19/h5-15,23,29H,16H2,1-4H3/b24-22+. The zero-order valence-corrected chi connectivity index (χ0v) is 20.0. The van der Waals surface area contributed by atoms with Crippen molar-refractivity contribution in [3.8, 4) is 5.75 Å². The second-order valence-electron chi connectivity index (χ2n) is 9.08. The summed E-state index contributed by atoms with van der Waals surface area (Å²) in [5, 5.41) is 13.4. The molecule has 3 aromatic rings. The van der Waals surface area contributed by atoms with E-state index >= 15 is 0 Å². The minimum Gasteiger partial charge on any atom is -0.507 e. The predicted molar refractivity (Wildman–Crippen MR) is 130 cm³/mol. The summed E-state index contributed by atoms with van der Waals surface area (Å²) in [4.78, 5) is 28.9. The number of carbonyl (C=O) groups is 2. The molecular formula is C27H27NO4S. The highest BCUT2D eigenvalue weighted by Gasteiger charge is 2.46. The van der Waals surface area contributed by atoms with Crippen LogP contribution in [0.1, 0.15) is 48.4 Å². The van der Waals surface area contributed by atoms with Crippen molar-refractivity contribution in [3.05, 3.63) is 93.2 Å². The third-order valence-electron chi connectivity index (χ3n) is 5.88. The van der Waals surface area contributed by atoms with Crippen molar-refractivity contribution in [1.29, 1.82) is 0 Å². The van der Waals surface area contributed by atoms with Gasteiger partial charge in [0.15, 0.2) is 0 Å². The SMILES string of the molecule is COc1ccc(C(C)(C)C)cc1/C(O)=C1\C(=O)C(=O)N(Cc2cccs2)C1c1ccccc1. The van der Waals surface area contributed by atoms with Gasteiger partial charge in [-0.05, 0) is 40.1 Å². The van der Waals surface area contributed by atoms with Crippen LogP contribution in [0, 0.1) is 0 Å². The molecule has 33 heavy (non-hydrogen) atoms. The Bertz CT molecular complexity index is 1210. The fourth-order valence-electron chi connectivity index (χ4n) is 4.10. The van der Waals surface area contributed by atoms with E-state index in [1.165, 1.54) is 23.3 Å². The summed E-state index contributed by atoms with van der Waals surface area (Å²) >= 11 is 1.52. The molecule has 0 radical (unpaired) electrons. The van der Waals surface area contributed by atoms with Gasteiger partial charge in [0, 0.05) is 4.88 Å². The average Bonchev–Trinajstić information content (AvgIpc) is 3.40. The quantitative estimate of drug-likeness (QED) is 0.302. The summed E-state index contributed by atoms with van der Waals surface area (Å²) in [7, 11) is 1.52. The van der Waals surface area contributed by atoms with E-state index < -0.39 is 17.7 Å². The molecule has 5 nitrogen and oxygen atoms in total. The van der Waals surface area contributed by atoms with Gasteiger partial charge >= 0.3 is 0 Å². The Kier molecular flexibility index (Phi) is 6.13. The van der Waals surface area contributed by atoms with Crippen LogP contribution in [0.2, 0.25) is 0 Å². The van der Waals surface area contributed by atoms with E-state index in [1.807, 2.05) is 60.0 Å². The zero-order valence-electron chi connectivity index (χ0n) is 19.2. The number of aliphatic hydroxyl groups excluding tert-OH is 1. The summed E-state index contributed by atoms with van der Waals surface area (Å²) in [5.41, 5.74) is 2.05. The highest BCUT2D eigenvalue weighted by atomic mass is 32.1. The Morgan fingerprint density at radius 2 is 1.79 bits per heavy atom. The fraction of sp³-hybridized carbons (Fsp3) is 0.259. The Morgan fingerprint density at radius 3 is 2.39 bits per heavy atom. The molecule has 0 saturated carbocycles. The monoisotopic (exact) mass is 461 g/mol. The van der Waals surface area contributed by atoms with Crippen LogP contribution < -0.4 is 4.74 Å². The van der Waals surface area contributed by atoms with E-state index in [0.29, 0.717) is 11.3 Å². The van der Waals surface area contributed by atoms with E-state index in [9.17, 15) is 14.7 Å². The first kappa shape index (κ1) is 22.8. The first-order valence-electron chi connectivity index (χ1n) is 10.8. The lowest BCUT2D eigenvalue weighted by Gasteiger charge is -2.25. The molecule has 6 heteroatoms. The Hall–Kier alpha value is -3.38. The summed E-state index contributed by atoms with van der Waals surface area (Å²) in [6.07, 6.45) is 0. The fourth-order valence-corrected chi connectivity index (χ4v) is 4.80. The number of ether oxygens (including phenoxy) is 1. The van der Waals surface area contributed by atoms with E-state index in [0.717, 1.165) is 16.0 Å². The number of ketones is 1. The minimum absolute atomic E-state index is 0.0760. The second-order valence-corrected chi connectivity index (χ2v) is 10.1. The predicted octanol–water partition coefficient (Wildman–Crippen LogP) is 5.68. The number of Topliss-reactive ketones (excluding diaryl/α,β-unsaturated/α-hetero) is 1. The maximum absolute atomic E-state index is 13.3. The molecule has 1 unspecified atom stereocenters. The van der Waals surface area contributed by atoms with Gasteiger partial charge in [-0.15, -0.1) is 11.3 Å². The first-order chi connectivity index (χ1) is 15.7. The van der Waals surface area contributed by atoms with E-state index in [4.69, 9.17) is 4.74 Å². The molecule has 1 N–H and O–H groups in total. The number of benzene rings is 2. The van der Waals surface area contributed by atoms with Gasteiger partial charge in [-0.1, -0.05) is 63.2 Å². The smallest absolute Gasteiger partial charge is 0.295 e. The van der Waals surface area contributed by atoms with Crippen LogP contribution in [0.5, 0.6) is 5.75 Å². The van der Waals surface area contributed by atoms with Crippen LogP contribution in [0.4, 0.5) is 0 Å². The molecule has 1 aromatic heterocycles. The third-order valence-corrected chi connectivity index (χ3v) is 6.74. The van der Waals surface area contributed by atoms with Gasteiger partial charge in [0.2, 0.25) is 0 Å². The van der Waals surface area contributed by atoms with Gasteiger partial charge in [-0.3, -0.25) is 9.59 Å². The number of likely N-dealkylation sites (tertiary alicyclic amines) is 1. The van der Waals surface area contributed by atoms with Crippen LogP contribution >= 0.6 is 11.3 Å². The lowest BCUT2D eigenvalue weighted by molar-refractivity contribution is -0.140. The summed E-state index contributed by atoms with van der Waals surface area (Å²) < 4.78 is 5.51. The molecular weight excluding hydrogens is 434 g/mol. The molecule has 1 fully saturated rings. The summed E-state index contributed by atoms with van der Waals surface area (Å²) in [6.45, 7) is 6.51. The van der Waals surface area contributed by atoms with Gasteiger partial charge in [-0.2, -0.15) is 0 Å². The number of hydrogen-bond acceptors (Lipinski definition) is 5. The maximum Gasteiger partial charge on any atom is 0.295 e. The van der Waals surface area contributed by atoms with Crippen molar-refractivity contribution in [2.24, 2.45) is 0 Å². The number of hydrogen-bond donors (Lipinski definition) is 1. The third kappa shape index (κ3) is 4.31. The molecule has 0 aliphatic carbocycles. The Morgan fingerprint density at radius 1 is 1.06 bits per heavy atom. The molecule has 1 saturated heterocycles. The normalized spacial score (nSPS) is 18.1. The molecule has 0 spiro atoms.